The summed E-state index contributed by atoms with van der Waals surface area (Å²) < 4.78 is 5.86. The summed E-state index contributed by atoms with van der Waals surface area (Å²) in [6.07, 6.45) is 1.84. The van der Waals surface area contributed by atoms with Crippen LogP contribution in [0.15, 0.2) is 30.5 Å². The highest BCUT2D eigenvalue weighted by Gasteiger charge is 1.96. The molecule has 2 rings (SSSR count). The minimum atomic E-state index is 0.747. The highest BCUT2D eigenvalue weighted by molar-refractivity contribution is 7.71. The molecule has 2 nitrogen and oxygen atoms in total. The molecule has 0 radical (unpaired) electrons. The van der Waals surface area contributed by atoms with Crippen LogP contribution in [0.3, 0.4) is 0 Å². The van der Waals surface area contributed by atoms with Crippen LogP contribution in [0, 0.1) is 4.64 Å². The van der Waals surface area contributed by atoms with Gasteiger partial charge >= 0.3 is 0 Å². The summed E-state index contributed by atoms with van der Waals surface area (Å²) in [5.74, 6) is 0.832. The maximum absolute atomic E-state index is 5.15. The lowest BCUT2D eigenvalue weighted by Crippen LogP contribution is -1.83. The molecule has 1 aromatic heterocycles. The van der Waals surface area contributed by atoms with Crippen molar-refractivity contribution >= 4 is 23.0 Å². The standard InChI is InChI=1S/C10H9NOS/c1-12-8-3-2-7-4-5-11-10(13)9(7)6-8/h2-6H,1H3,(H,11,13). The van der Waals surface area contributed by atoms with Crippen LogP contribution in [0.1, 0.15) is 0 Å². The monoisotopic (exact) mass is 191 g/mol. The number of aromatic nitrogens is 1. The number of hydrogen-bond acceptors (Lipinski definition) is 2. The number of fused-ring (bicyclic) bond motifs is 1. The van der Waals surface area contributed by atoms with Crippen molar-refractivity contribution in [1.29, 1.82) is 0 Å². The van der Waals surface area contributed by atoms with Gasteiger partial charge in [0.15, 0.2) is 0 Å². The van der Waals surface area contributed by atoms with Crippen molar-refractivity contribution in [2.75, 3.05) is 7.11 Å². The van der Waals surface area contributed by atoms with E-state index in [0.29, 0.717) is 0 Å². The zero-order chi connectivity index (χ0) is 9.26. The number of nitrogens with one attached hydrogen (secondary N) is 1. The summed E-state index contributed by atoms with van der Waals surface area (Å²) in [7, 11) is 1.65. The molecule has 0 amide bonds. The summed E-state index contributed by atoms with van der Waals surface area (Å²) >= 11 is 5.15. The van der Waals surface area contributed by atoms with Gasteiger partial charge in [0.25, 0.3) is 0 Å². The van der Waals surface area contributed by atoms with Crippen LogP contribution in [0.25, 0.3) is 10.8 Å². The van der Waals surface area contributed by atoms with E-state index < -0.39 is 0 Å². The first-order valence-electron chi connectivity index (χ1n) is 3.97. The molecule has 1 aromatic carbocycles. The fraction of sp³-hybridized carbons (Fsp3) is 0.100. The average Bonchev–Trinajstić information content (AvgIpc) is 2.18. The Morgan fingerprint density at radius 3 is 2.92 bits per heavy atom. The van der Waals surface area contributed by atoms with Gasteiger partial charge in [0.1, 0.15) is 10.4 Å². The lowest BCUT2D eigenvalue weighted by molar-refractivity contribution is 0.415. The molecule has 3 heteroatoms. The summed E-state index contributed by atoms with van der Waals surface area (Å²) in [5, 5.41) is 2.15. The number of benzene rings is 1. The fourth-order valence-corrected chi connectivity index (χ4v) is 1.53. The van der Waals surface area contributed by atoms with Crippen LogP contribution in [0.2, 0.25) is 0 Å². The van der Waals surface area contributed by atoms with Crippen LogP contribution in [-0.4, -0.2) is 12.1 Å². The minimum absolute atomic E-state index is 0.747. The van der Waals surface area contributed by atoms with Crippen molar-refractivity contribution in [3.8, 4) is 5.75 Å². The normalized spacial score (nSPS) is 10.2. The molecular weight excluding hydrogens is 182 g/mol. The van der Waals surface area contributed by atoms with E-state index in [2.05, 4.69) is 4.98 Å². The smallest absolute Gasteiger partial charge is 0.119 e. The van der Waals surface area contributed by atoms with Crippen molar-refractivity contribution in [3.05, 3.63) is 35.1 Å². The zero-order valence-corrected chi connectivity index (χ0v) is 8.02. The van der Waals surface area contributed by atoms with Crippen LogP contribution in [-0.2, 0) is 0 Å². The maximum atomic E-state index is 5.15. The highest BCUT2D eigenvalue weighted by Crippen LogP contribution is 2.20. The number of aromatic amines is 1. The highest BCUT2D eigenvalue weighted by atomic mass is 32.1. The van der Waals surface area contributed by atoms with Crippen molar-refractivity contribution in [2.24, 2.45) is 0 Å². The minimum Gasteiger partial charge on any atom is -0.497 e. The van der Waals surface area contributed by atoms with Crippen LogP contribution in [0.5, 0.6) is 5.75 Å². The third kappa shape index (κ3) is 1.42. The number of H-pyrrole nitrogens is 1. The van der Waals surface area contributed by atoms with E-state index in [0.717, 1.165) is 21.2 Å². The van der Waals surface area contributed by atoms with Gasteiger partial charge in [0.05, 0.1) is 7.11 Å². The number of hydrogen-bond donors (Lipinski definition) is 1. The topological polar surface area (TPSA) is 25.0 Å². The Morgan fingerprint density at radius 1 is 1.31 bits per heavy atom. The molecule has 66 valence electrons. The second kappa shape index (κ2) is 3.18. The van der Waals surface area contributed by atoms with E-state index in [1.807, 2.05) is 30.5 Å². The third-order valence-corrected chi connectivity index (χ3v) is 2.32. The van der Waals surface area contributed by atoms with Gasteiger partial charge in [0.2, 0.25) is 0 Å². The molecule has 0 spiro atoms. The molecule has 0 saturated carbocycles. The maximum Gasteiger partial charge on any atom is 0.119 e. The van der Waals surface area contributed by atoms with E-state index in [1.165, 1.54) is 0 Å². The van der Waals surface area contributed by atoms with Gasteiger partial charge in [-0.3, -0.25) is 0 Å². The van der Waals surface area contributed by atoms with E-state index in [9.17, 15) is 0 Å². The molecule has 0 aliphatic carbocycles. The first-order chi connectivity index (χ1) is 6.31. The molecular formula is C10H9NOS. The molecule has 0 atom stereocenters. The lowest BCUT2D eigenvalue weighted by atomic mass is 10.2. The Kier molecular flexibility index (Phi) is 2.02. The van der Waals surface area contributed by atoms with Crippen LogP contribution in [0.4, 0.5) is 0 Å². The van der Waals surface area contributed by atoms with Crippen LogP contribution >= 0.6 is 12.2 Å². The largest absolute Gasteiger partial charge is 0.497 e. The van der Waals surface area contributed by atoms with Crippen molar-refractivity contribution in [3.63, 3.8) is 0 Å². The van der Waals surface area contributed by atoms with Gasteiger partial charge in [-0.25, -0.2) is 0 Å². The molecule has 0 saturated heterocycles. The van der Waals surface area contributed by atoms with Gasteiger partial charge in [-0.05, 0) is 23.6 Å². The Bertz CT molecular complexity index is 489. The molecule has 0 unspecified atom stereocenters. The average molecular weight is 191 g/mol. The van der Waals surface area contributed by atoms with Crippen molar-refractivity contribution in [1.82, 2.24) is 4.98 Å². The molecule has 1 N–H and O–H groups in total. The van der Waals surface area contributed by atoms with Crippen LogP contribution < -0.4 is 4.74 Å². The van der Waals surface area contributed by atoms with E-state index in [-0.39, 0.29) is 0 Å². The molecule has 0 aliphatic heterocycles. The molecule has 13 heavy (non-hydrogen) atoms. The predicted octanol–water partition coefficient (Wildman–Crippen LogP) is 2.91. The second-order valence-electron chi connectivity index (χ2n) is 2.76. The zero-order valence-electron chi connectivity index (χ0n) is 7.20. The number of rotatable bonds is 1. The van der Waals surface area contributed by atoms with Crippen molar-refractivity contribution in [2.45, 2.75) is 0 Å². The van der Waals surface area contributed by atoms with E-state index >= 15 is 0 Å². The summed E-state index contributed by atoms with van der Waals surface area (Å²) in [5.41, 5.74) is 0. The van der Waals surface area contributed by atoms with E-state index in [1.54, 1.807) is 7.11 Å². The van der Waals surface area contributed by atoms with Gasteiger partial charge in [-0.2, -0.15) is 0 Å². The number of ether oxygens (including phenoxy) is 1. The third-order valence-electron chi connectivity index (χ3n) is 1.98. The Hall–Kier alpha value is -1.35. The number of pyridine rings is 1. The fourth-order valence-electron chi connectivity index (χ4n) is 1.29. The van der Waals surface area contributed by atoms with Gasteiger partial charge in [-0.1, -0.05) is 18.3 Å². The number of methoxy groups -OCH3 is 1. The summed E-state index contributed by atoms with van der Waals surface area (Å²) in [6, 6.07) is 7.85. The summed E-state index contributed by atoms with van der Waals surface area (Å²) in [6.45, 7) is 0. The summed E-state index contributed by atoms with van der Waals surface area (Å²) in [4.78, 5) is 2.98. The van der Waals surface area contributed by atoms with Gasteiger partial charge in [0, 0.05) is 11.6 Å². The molecule has 1 heterocycles. The van der Waals surface area contributed by atoms with Gasteiger partial charge in [-0.15, -0.1) is 0 Å². The second-order valence-corrected chi connectivity index (χ2v) is 3.17. The van der Waals surface area contributed by atoms with E-state index in [4.69, 9.17) is 17.0 Å². The predicted molar refractivity (Wildman–Crippen MR) is 55.7 cm³/mol. The first kappa shape index (κ1) is 8.26. The first-order valence-corrected chi connectivity index (χ1v) is 4.37. The molecule has 2 aromatic rings. The molecule has 0 aliphatic rings. The lowest BCUT2D eigenvalue weighted by Gasteiger charge is -2.01. The Labute approximate surface area is 81.2 Å². The molecule has 0 fully saturated rings. The Morgan fingerprint density at radius 2 is 2.15 bits per heavy atom. The Balaban J connectivity index is 2.82. The quantitative estimate of drug-likeness (QED) is 0.701. The van der Waals surface area contributed by atoms with Crippen molar-refractivity contribution < 1.29 is 4.74 Å². The SMILES string of the molecule is COc1ccc2cc[nH]c(=S)c2c1. The van der Waals surface area contributed by atoms with Gasteiger partial charge < -0.3 is 9.72 Å². The molecule has 0 bridgehead atoms.